The Morgan fingerprint density at radius 2 is 2.33 bits per heavy atom. The molecule has 6 nitrogen and oxygen atoms in total. The molecule has 2 atom stereocenters. The van der Waals surface area contributed by atoms with Crippen LogP contribution in [-0.4, -0.2) is 34.6 Å². The Morgan fingerprint density at radius 3 is 2.90 bits per heavy atom. The highest BCUT2D eigenvalue weighted by atomic mass is 16.4. The van der Waals surface area contributed by atoms with Gasteiger partial charge in [0.2, 0.25) is 0 Å². The second-order valence-corrected chi connectivity index (χ2v) is 6.01. The molecular formula is C15H22N2O4. The second kappa shape index (κ2) is 6.20. The lowest BCUT2D eigenvalue weighted by atomic mass is 9.76. The maximum atomic E-state index is 12.3. The van der Waals surface area contributed by atoms with E-state index < -0.39 is 11.5 Å². The lowest BCUT2D eigenvalue weighted by Crippen LogP contribution is -2.59. The molecule has 116 valence electrons. The fourth-order valence-corrected chi connectivity index (χ4v) is 2.94. The van der Waals surface area contributed by atoms with Gasteiger partial charge in [0.1, 0.15) is 5.54 Å². The molecule has 0 spiro atoms. The van der Waals surface area contributed by atoms with Crippen LogP contribution in [0.2, 0.25) is 0 Å². The molecule has 1 saturated carbocycles. The molecule has 1 fully saturated rings. The number of rotatable bonds is 4. The number of carbonyl (C=O) groups excluding carboxylic acids is 1. The zero-order chi connectivity index (χ0) is 15.5. The lowest BCUT2D eigenvalue weighted by Gasteiger charge is -2.38. The summed E-state index contributed by atoms with van der Waals surface area (Å²) in [5.41, 5.74) is -0.270. The molecule has 6 heteroatoms. The average Bonchev–Trinajstić information content (AvgIpc) is 2.91. The normalized spacial score (nSPS) is 25.3. The summed E-state index contributed by atoms with van der Waals surface area (Å²) in [5, 5.41) is 12.3. The van der Waals surface area contributed by atoms with Gasteiger partial charge in [-0.3, -0.25) is 0 Å². The van der Waals surface area contributed by atoms with Crippen LogP contribution in [0.3, 0.4) is 0 Å². The molecule has 2 amide bonds. The molecule has 2 unspecified atom stereocenters. The molecule has 0 aliphatic heterocycles. The Bertz CT molecular complexity index is 500. The Labute approximate surface area is 124 Å². The van der Waals surface area contributed by atoms with E-state index in [4.69, 9.17) is 4.42 Å². The molecule has 1 aromatic heterocycles. The third-order valence-corrected chi connectivity index (χ3v) is 4.10. The molecule has 0 bridgehead atoms. The van der Waals surface area contributed by atoms with Gasteiger partial charge in [0.15, 0.2) is 0 Å². The number of hydrogen-bond donors (Lipinski definition) is 2. The van der Waals surface area contributed by atoms with Crippen LogP contribution in [0.4, 0.5) is 4.79 Å². The van der Waals surface area contributed by atoms with Crippen molar-refractivity contribution in [2.75, 3.05) is 7.05 Å². The van der Waals surface area contributed by atoms with Crippen LogP contribution in [0.5, 0.6) is 0 Å². The molecule has 0 aromatic carbocycles. The first-order valence-electron chi connectivity index (χ1n) is 7.21. The minimum atomic E-state index is -1.14. The van der Waals surface area contributed by atoms with Crippen LogP contribution < -0.4 is 5.32 Å². The molecule has 2 rings (SSSR count). The molecule has 2 N–H and O–H groups in total. The predicted octanol–water partition coefficient (Wildman–Crippen LogP) is 2.45. The van der Waals surface area contributed by atoms with Crippen molar-refractivity contribution in [2.24, 2.45) is 5.92 Å². The zero-order valence-electron chi connectivity index (χ0n) is 12.5. The van der Waals surface area contributed by atoms with Crippen molar-refractivity contribution in [3.8, 4) is 0 Å². The monoisotopic (exact) mass is 294 g/mol. The molecule has 1 heterocycles. The van der Waals surface area contributed by atoms with Crippen molar-refractivity contribution in [1.82, 2.24) is 10.2 Å². The van der Waals surface area contributed by atoms with E-state index in [1.54, 1.807) is 25.6 Å². The largest absolute Gasteiger partial charge is 0.480 e. The van der Waals surface area contributed by atoms with E-state index in [1.807, 2.05) is 6.92 Å². The first kappa shape index (κ1) is 15.4. The van der Waals surface area contributed by atoms with Crippen LogP contribution >= 0.6 is 0 Å². The quantitative estimate of drug-likeness (QED) is 0.893. The van der Waals surface area contributed by atoms with E-state index >= 15 is 0 Å². The van der Waals surface area contributed by atoms with Crippen molar-refractivity contribution < 1.29 is 19.1 Å². The first-order valence-corrected chi connectivity index (χ1v) is 7.21. The maximum absolute atomic E-state index is 12.3. The van der Waals surface area contributed by atoms with Gasteiger partial charge in [0.25, 0.3) is 0 Å². The summed E-state index contributed by atoms with van der Waals surface area (Å²) in [7, 11) is 1.64. The number of carbonyl (C=O) groups is 2. The Kier molecular flexibility index (Phi) is 4.55. The van der Waals surface area contributed by atoms with Gasteiger partial charge in [0, 0.05) is 12.6 Å². The summed E-state index contributed by atoms with van der Waals surface area (Å²) in [6.07, 6.45) is 5.91. The number of aliphatic carboxylic acids is 1. The van der Waals surface area contributed by atoms with E-state index in [1.165, 1.54) is 4.90 Å². The highest BCUT2D eigenvalue weighted by molar-refractivity contribution is 5.86. The SMILES string of the molecule is CC1CCCC(NC(=O)N(C)Cc2ccoc2)(C(=O)O)C1. The summed E-state index contributed by atoms with van der Waals surface area (Å²) in [5.74, 6) is -0.645. The maximum Gasteiger partial charge on any atom is 0.329 e. The van der Waals surface area contributed by atoms with Gasteiger partial charge in [-0.1, -0.05) is 19.8 Å². The standard InChI is InChI=1S/C15H22N2O4/c1-11-4-3-6-15(8-11,13(18)19)16-14(20)17(2)9-12-5-7-21-10-12/h5,7,10-11H,3-4,6,8-9H2,1-2H3,(H,16,20)(H,18,19). The average molecular weight is 294 g/mol. The number of nitrogens with zero attached hydrogens (tertiary/aromatic N) is 1. The van der Waals surface area contributed by atoms with Crippen LogP contribution in [0.25, 0.3) is 0 Å². The van der Waals surface area contributed by atoms with Crippen molar-refractivity contribution in [2.45, 2.75) is 44.7 Å². The van der Waals surface area contributed by atoms with Gasteiger partial charge in [0.05, 0.1) is 19.1 Å². The molecule has 0 saturated heterocycles. The van der Waals surface area contributed by atoms with Gasteiger partial charge in [-0.25, -0.2) is 9.59 Å². The Hall–Kier alpha value is -1.98. The Balaban J connectivity index is 2.02. The van der Waals surface area contributed by atoms with Crippen molar-refractivity contribution in [3.63, 3.8) is 0 Å². The topological polar surface area (TPSA) is 82.8 Å². The zero-order valence-corrected chi connectivity index (χ0v) is 12.5. The van der Waals surface area contributed by atoms with Crippen molar-refractivity contribution >= 4 is 12.0 Å². The van der Waals surface area contributed by atoms with Crippen molar-refractivity contribution in [3.05, 3.63) is 24.2 Å². The highest BCUT2D eigenvalue weighted by Crippen LogP contribution is 2.32. The highest BCUT2D eigenvalue weighted by Gasteiger charge is 2.43. The lowest BCUT2D eigenvalue weighted by molar-refractivity contribution is -0.146. The fourth-order valence-electron chi connectivity index (χ4n) is 2.94. The number of nitrogens with one attached hydrogen (secondary N) is 1. The molecular weight excluding hydrogens is 272 g/mol. The summed E-state index contributed by atoms with van der Waals surface area (Å²) in [4.78, 5) is 25.4. The van der Waals surface area contributed by atoms with E-state index in [0.29, 0.717) is 25.3 Å². The number of amides is 2. The second-order valence-electron chi connectivity index (χ2n) is 6.01. The summed E-state index contributed by atoms with van der Waals surface area (Å²) in [6, 6.07) is 1.41. The molecule has 1 aliphatic rings. The molecule has 21 heavy (non-hydrogen) atoms. The van der Waals surface area contributed by atoms with Crippen LogP contribution in [0, 0.1) is 5.92 Å². The smallest absolute Gasteiger partial charge is 0.329 e. The van der Waals surface area contributed by atoms with Crippen molar-refractivity contribution in [1.29, 1.82) is 0 Å². The minimum Gasteiger partial charge on any atom is -0.480 e. The van der Waals surface area contributed by atoms with Gasteiger partial charge in [-0.15, -0.1) is 0 Å². The molecule has 1 aromatic rings. The van der Waals surface area contributed by atoms with E-state index in [9.17, 15) is 14.7 Å². The van der Waals surface area contributed by atoms with E-state index in [2.05, 4.69) is 5.32 Å². The van der Waals surface area contributed by atoms with Crippen LogP contribution in [-0.2, 0) is 11.3 Å². The van der Waals surface area contributed by atoms with Gasteiger partial charge in [-0.05, 0) is 24.8 Å². The summed E-state index contributed by atoms with van der Waals surface area (Å²) >= 11 is 0. The summed E-state index contributed by atoms with van der Waals surface area (Å²) < 4.78 is 4.96. The van der Waals surface area contributed by atoms with E-state index in [-0.39, 0.29) is 6.03 Å². The summed E-state index contributed by atoms with van der Waals surface area (Å²) in [6.45, 7) is 2.41. The number of carboxylic acid groups (broad SMARTS) is 1. The van der Waals surface area contributed by atoms with Crippen LogP contribution in [0.1, 0.15) is 38.2 Å². The van der Waals surface area contributed by atoms with Gasteiger partial charge in [-0.2, -0.15) is 0 Å². The van der Waals surface area contributed by atoms with Crippen LogP contribution in [0.15, 0.2) is 23.0 Å². The third kappa shape index (κ3) is 3.56. The molecule has 0 radical (unpaired) electrons. The molecule has 1 aliphatic carbocycles. The fraction of sp³-hybridized carbons (Fsp3) is 0.600. The first-order chi connectivity index (χ1) is 9.93. The van der Waals surface area contributed by atoms with Gasteiger partial charge >= 0.3 is 12.0 Å². The van der Waals surface area contributed by atoms with Gasteiger partial charge < -0.3 is 19.7 Å². The Morgan fingerprint density at radius 1 is 1.57 bits per heavy atom. The number of furan rings is 1. The van der Waals surface area contributed by atoms with E-state index in [0.717, 1.165) is 18.4 Å². The predicted molar refractivity (Wildman–Crippen MR) is 76.7 cm³/mol. The third-order valence-electron chi connectivity index (χ3n) is 4.10. The number of hydrogen-bond acceptors (Lipinski definition) is 3. The number of urea groups is 1. The minimum absolute atomic E-state index is 0.300. The number of carboxylic acids is 1.